The largest absolute Gasteiger partial charge is 0.465 e. The van der Waals surface area contributed by atoms with Crippen molar-refractivity contribution in [3.63, 3.8) is 0 Å². The Labute approximate surface area is 134 Å². The summed E-state index contributed by atoms with van der Waals surface area (Å²) in [6, 6.07) is 6.47. The Bertz CT molecular complexity index is 581. The highest BCUT2D eigenvalue weighted by Gasteiger charge is 2.29. The average molecular weight is 378 g/mol. The first-order chi connectivity index (χ1) is 9.69. The summed E-state index contributed by atoms with van der Waals surface area (Å²) in [5, 5.41) is 2.92. The molecule has 0 saturated heterocycles. The normalized spacial score (nSPS) is 12.2. The zero-order valence-corrected chi connectivity index (χ0v) is 14.8. The van der Waals surface area contributed by atoms with Crippen LogP contribution in [0.2, 0.25) is 0 Å². The van der Waals surface area contributed by atoms with Crippen molar-refractivity contribution in [2.75, 3.05) is 18.9 Å². The average Bonchev–Trinajstić information content (AvgIpc) is 2.39. The van der Waals surface area contributed by atoms with Gasteiger partial charge in [-0.25, -0.2) is 8.42 Å². The second-order valence-electron chi connectivity index (χ2n) is 5.05. The molecule has 0 unspecified atom stereocenters. The Morgan fingerprint density at radius 2 is 1.86 bits per heavy atom. The fourth-order valence-electron chi connectivity index (χ4n) is 1.64. The molecule has 21 heavy (non-hydrogen) atoms. The number of ether oxygens (including phenoxy) is 1. The quantitative estimate of drug-likeness (QED) is 0.737. The maximum absolute atomic E-state index is 12.2. The van der Waals surface area contributed by atoms with Gasteiger partial charge in [0.1, 0.15) is 5.54 Å². The Morgan fingerprint density at radius 3 is 2.38 bits per heavy atom. The minimum absolute atomic E-state index is 0.0858. The van der Waals surface area contributed by atoms with Crippen molar-refractivity contribution >= 4 is 31.7 Å². The van der Waals surface area contributed by atoms with Crippen LogP contribution in [0, 0.1) is 0 Å². The second kappa shape index (κ2) is 7.38. The summed E-state index contributed by atoms with van der Waals surface area (Å²) < 4.78 is 30.1. The molecule has 5 nitrogen and oxygen atoms in total. The fraction of sp³-hybridized carbons (Fsp3) is 0.500. The van der Waals surface area contributed by atoms with Crippen LogP contribution in [0.4, 0.5) is 0 Å². The molecule has 0 spiro atoms. The molecular weight excluding hydrogens is 358 g/mol. The molecule has 118 valence electrons. The van der Waals surface area contributed by atoms with E-state index in [4.69, 9.17) is 4.74 Å². The molecule has 0 amide bonds. The number of benzene rings is 1. The SMILES string of the molecule is CCOC(=O)C(C)(C)NCCS(=O)(=O)c1ccc(Br)cc1. The highest BCUT2D eigenvalue weighted by molar-refractivity contribution is 9.10. The molecule has 7 heteroatoms. The van der Waals surface area contributed by atoms with Gasteiger partial charge in [-0.15, -0.1) is 0 Å². The van der Waals surface area contributed by atoms with Gasteiger partial charge in [0.15, 0.2) is 9.84 Å². The Hall–Kier alpha value is -0.920. The van der Waals surface area contributed by atoms with Crippen molar-refractivity contribution in [3.05, 3.63) is 28.7 Å². The lowest BCUT2D eigenvalue weighted by atomic mass is 10.1. The van der Waals surface area contributed by atoms with Crippen LogP contribution in [0.5, 0.6) is 0 Å². The van der Waals surface area contributed by atoms with Gasteiger partial charge in [0.25, 0.3) is 0 Å². The highest BCUT2D eigenvalue weighted by Crippen LogP contribution is 2.16. The Balaban J connectivity index is 2.62. The number of rotatable bonds is 7. The molecular formula is C14H20BrNO4S. The molecule has 1 aromatic rings. The van der Waals surface area contributed by atoms with Crippen LogP contribution < -0.4 is 5.32 Å². The van der Waals surface area contributed by atoms with E-state index in [1.165, 1.54) is 0 Å². The van der Waals surface area contributed by atoms with E-state index < -0.39 is 21.3 Å². The minimum Gasteiger partial charge on any atom is -0.465 e. The summed E-state index contributed by atoms with van der Waals surface area (Å²) in [4.78, 5) is 12.0. The molecule has 0 fully saturated rings. The van der Waals surface area contributed by atoms with Crippen LogP contribution in [-0.4, -0.2) is 38.8 Å². The molecule has 0 heterocycles. The number of sulfone groups is 1. The number of hydrogen-bond donors (Lipinski definition) is 1. The Morgan fingerprint density at radius 1 is 1.29 bits per heavy atom. The van der Waals surface area contributed by atoms with E-state index >= 15 is 0 Å². The number of hydrogen-bond acceptors (Lipinski definition) is 5. The van der Waals surface area contributed by atoms with Gasteiger partial charge in [0.05, 0.1) is 17.3 Å². The highest BCUT2D eigenvalue weighted by atomic mass is 79.9. The van der Waals surface area contributed by atoms with Crippen LogP contribution in [0.15, 0.2) is 33.6 Å². The summed E-state index contributed by atoms with van der Waals surface area (Å²) in [5.74, 6) is -0.483. The van der Waals surface area contributed by atoms with E-state index in [9.17, 15) is 13.2 Å². The second-order valence-corrected chi connectivity index (χ2v) is 8.07. The first-order valence-corrected chi connectivity index (χ1v) is 9.04. The monoisotopic (exact) mass is 377 g/mol. The van der Waals surface area contributed by atoms with Crippen molar-refractivity contribution in [2.24, 2.45) is 0 Å². The molecule has 0 aromatic heterocycles. The molecule has 0 aliphatic heterocycles. The van der Waals surface area contributed by atoms with Gasteiger partial charge in [-0.2, -0.15) is 0 Å². The number of carbonyl (C=O) groups is 1. The molecule has 0 saturated carbocycles. The smallest absolute Gasteiger partial charge is 0.325 e. The van der Waals surface area contributed by atoms with E-state index in [-0.39, 0.29) is 17.2 Å². The van der Waals surface area contributed by atoms with Gasteiger partial charge in [-0.05, 0) is 45.0 Å². The predicted molar refractivity (Wildman–Crippen MR) is 84.9 cm³/mol. The van der Waals surface area contributed by atoms with Crippen molar-refractivity contribution < 1.29 is 17.9 Å². The maximum Gasteiger partial charge on any atom is 0.325 e. The minimum atomic E-state index is -3.37. The van der Waals surface area contributed by atoms with Gasteiger partial charge in [0.2, 0.25) is 0 Å². The van der Waals surface area contributed by atoms with Gasteiger partial charge < -0.3 is 10.1 Å². The van der Waals surface area contributed by atoms with E-state index in [0.29, 0.717) is 6.61 Å². The number of nitrogens with one attached hydrogen (secondary N) is 1. The number of carbonyl (C=O) groups excluding carboxylic acids is 1. The summed E-state index contributed by atoms with van der Waals surface area (Å²) in [6.07, 6.45) is 0. The third kappa shape index (κ3) is 5.41. The third-order valence-corrected chi connectivity index (χ3v) is 5.16. The van der Waals surface area contributed by atoms with Gasteiger partial charge in [-0.3, -0.25) is 4.79 Å². The first kappa shape index (κ1) is 18.1. The van der Waals surface area contributed by atoms with Crippen molar-refractivity contribution in [1.29, 1.82) is 0 Å². The van der Waals surface area contributed by atoms with Crippen molar-refractivity contribution in [1.82, 2.24) is 5.32 Å². The molecule has 0 bridgehead atoms. The summed E-state index contributed by atoms with van der Waals surface area (Å²) >= 11 is 3.26. The lowest BCUT2D eigenvalue weighted by Gasteiger charge is -2.23. The summed E-state index contributed by atoms with van der Waals surface area (Å²) in [5.41, 5.74) is -0.911. The number of esters is 1. The van der Waals surface area contributed by atoms with Crippen LogP contribution in [0.25, 0.3) is 0 Å². The maximum atomic E-state index is 12.2. The summed E-state index contributed by atoms with van der Waals surface area (Å²) in [6.45, 7) is 5.52. The number of halogens is 1. The zero-order chi connectivity index (χ0) is 16.1. The molecule has 1 N–H and O–H groups in total. The molecule has 1 rings (SSSR count). The van der Waals surface area contributed by atoms with E-state index in [1.807, 2.05) is 0 Å². The molecule has 1 aromatic carbocycles. The molecule has 0 aliphatic rings. The van der Waals surface area contributed by atoms with E-state index in [0.717, 1.165) is 4.47 Å². The lowest BCUT2D eigenvalue weighted by molar-refractivity contribution is -0.149. The van der Waals surface area contributed by atoms with Crippen molar-refractivity contribution in [2.45, 2.75) is 31.2 Å². The summed E-state index contributed by atoms with van der Waals surface area (Å²) in [7, 11) is -3.37. The van der Waals surface area contributed by atoms with Crippen molar-refractivity contribution in [3.8, 4) is 0 Å². The van der Waals surface area contributed by atoms with Gasteiger partial charge in [-0.1, -0.05) is 15.9 Å². The topological polar surface area (TPSA) is 72.5 Å². The fourth-order valence-corrected chi connectivity index (χ4v) is 3.06. The van der Waals surface area contributed by atoms with Crippen LogP contribution in [0.1, 0.15) is 20.8 Å². The molecule has 0 aliphatic carbocycles. The van der Waals surface area contributed by atoms with E-state index in [2.05, 4.69) is 21.2 Å². The van der Waals surface area contributed by atoms with Gasteiger partial charge in [0, 0.05) is 11.0 Å². The third-order valence-electron chi connectivity index (χ3n) is 2.90. The first-order valence-electron chi connectivity index (χ1n) is 6.59. The van der Waals surface area contributed by atoms with Gasteiger partial charge >= 0.3 is 5.97 Å². The zero-order valence-electron chi connectivity index (χ0n) is 12.3. The van der Waals surface area contributed by atoms with Crippen LogP contribution >= 0.6 is 15.9 Å². The predicted octanol–water partition coefficient (Wildman–Crippen LogP) is 2.15. The molecule has 0 atom stereocenters. The standard InChI is InChI=1S/C14H20BrNO4S/c1-4-20-13(17)14(2,3)16-9-10-21(18,19)12-7-5-11(15)6-8-12/h5-8,16H,4,9-10H2,1-3H3. The Kier molecular flexibility index (Phi) is 6.37. The van der Waals surface area contributed by atoms with Crippen LogP contribution in [-0.2, 0) is 19.4 Å². The van der Waals surface area contributed by atoms with E-state index in [1.54, 1.807) is 45.0 Å². The molecule has 0 radical (unpaired) electrons. The van der Waals surface area contributed by atoms with Crippen LogP contribution in [0.3, 0.4) is 0 Å². The lowest BCUT2D eigenvalue weighted by Crippen LogP contribution is -2.49.